The molecule has 3 N–H and O–H groups in total. The number of phenols is 1. The zero-order valence-electron chi connectivity index (χ0n) is 15.9. The van der Waals surface area contributed by atoms with Crippen molar-refractivity contribution in [2.75, 3.05) is 13.2 Å². The van der Waals surface area contributed by atoms with Gasteiger partial charge >= 0.3 is 0 Å². The lowest BCUT2D eigenvalue weighted by atomic mass is 9.98. The predicted molar refractivity (Wildman–Crippen MR) is 106 cm³/mol. The lowest BCUT2D eigenvalue weighted by molar-refractivity contribution is -0.595. The zero-order chi connectivity index (χ0) is 19.0. The number of aromatic hydroxyl groups is 1. The van der Waals surface area contributed by atoms with E-state index in [0.29, 0.717) is 24.8 Å². The summed E-state index contributed by atoms with van der Waals surface area (Å²) in [5.41, 5.74) is 12.0. The first-order chi connectivity index (χ1) is 13.1. The summed E-state index contributed by atoms with van der Waals surface area (Å²) in [6, 6.07) is 9.75. The van der Waals surface area contributed by atoms with Gasteiger partial charge in [0, 0.05) is 12.5 Å². The molecule has 5 heteroatoms. The molecule has 0 aliphatic carbocycles. The number of ether oxygens (including phenoxy) is 1. The van der Waals surface area contributed by atoms with Crippen LogP contribution in [-0.2, 0) is 6.42 Å². The van der Waals surface area contributed by atoms with Gasteiger partial charge < -0.3 is 15.6 Å². The molecule has 0 saturated heterocycles. The van der Waals surface area contributed by atoms with Crippen LogP contribution in [0.2, 0.25) is 0 Å². The van der Waals surface area contributed by atoms with Crippen molar-refractivity contribution in [2.24, 2.45) is 5.73 Å². The molecule has 3 aromatic rings. The molecular formula is C22H26N3O2+. The molecule has 4 rings (SSSR count). The number of phenolic OH excluding ortho intramolecular Hbond substituents is 1. The highest BCUT2D eigenvalue weighted by molar-refractivity contribution is 5.58. The lowest BCUT2D eigenvalue weighted by Gasteiger charge is -2.05. The average molecular weight is 364 g/mol. The Morgan fingerprint density at radius 3 is 2.93 bits per heavy atom. The van der Waals surface area contributed by atoms with Crippen LogP contribution < -0.4 is 14.8 Å². The normalized spacial score (nSPS) is 16.6. The maximum absolute atomic E-state index is 10.1. The molecule has 0 bridgehead atoms. The molecule has 0 saturated carbocycles. The van der Waals surface area contributed by atoms with Crippen molar-refractivity contribution in [1.82, 2.24) is 4.52 Å². The molecule has 1 aliphatic heterocycles. The van der Waals surface area contributed by atoms with Gasteiger partial charge in [0.05, 0.1) is 24.3 Å². The van der Waals surface area contributed by atoms with E-state index in [9.17, 15) is 5.11 Å². The second-order valence-electron chi connectivity index (χ2n) is 7.04. The van der Waals surface area contributed by atoms with Crippen LogP contribution in [0.15, 0.2) is 42.6 Å². The van der Waals surface area contributed by atoms with Crippen LogP contribution in [0.5, 0.6) is 11.5 Å². The number of hydrogen-bond donors (Lipinski definition) is 2. The number of benzene rings is 1. The number of nitrogens with zero attached hydrogens (tertiary/aromatic N) is 2. The van der Waals surface area contributed by atoms with E-state index in [1.54, 1.807) is 6.07 Å². The fraction of sp³-hybridized carbons (Fsp3) is 0.318. The van der Waals surface area contributed by atoms with E-state index in [-0.39, 0.29) is 5.75 Å². The molecule has 5 nitrogen and oxygen atoms in total. The predicted octanol–water partition coefficient (Wildman–Crippen LogP) is 3.15. The Balaban J connectivity index is 1.76. The van der Waals surface area contributed by atoms with Gasteiger partial charge in [-0.15, -0.1) is 4.52 Å². The Labute approximate surface area is 159 Å². The van der Waals surface area contributed by atoms with E-state index in [2.05, 4.69) is 40.2 Å². The van der Waals surface area contributed by atoms with Gasteiger partial charge in [-0.3, -0.25) is 0 Å². The van der Waals surface area contributed by atoms with Crippen LogP contribution in [0, 0.1) is 5.71 Å². The zero-order valence-corrected chi connectivity index (χ0v) is 15.9. The Bertz CT molecular complexity index is 1070. The fourth-order valence-electron chi connectivity index (χ4n) is 4.10. The van der Waals surface area contributed by atoms with Crippen LogP contribution in [0.1, 0.15) is 43.0 Å². The molecule has 3 heterocycles. The number of hydrogen-bond acceptors (Lipinski definition) is 3. The fourth-order valence-corrected chi connectivity index (χ4v) is 4.10. The van der Waals surface area contributed by atoms with Crippen LogP contribution >= 0.6 is 0 Å². The quantitative estimate of drug-likeness (QED) is 0.661. The topological polar surface area (TPSA) is 65.8 Å². The standard InChI is InChI=1S/C22H25N3O2/c1-3-27-21-9-7-16(14-20(21)26)6-8-17-13-15(2)22-18(10-11-23)19-5-4-12-24(19)25(17)22/h4-9,12,14-15H,3,10-11,13,23H2,1-2H3/p+1/b8-6+. The van der Waals surface area contributed by atoms with E-state index >= 15 is 0 Å². The molecule has 1 aliphatic rings. The van der Waals surface area contributed by atoms with Gasteiger partial charge in [-0.05, 0) is 55.8 Å². The molecule has 27 heavy (non-hydrogen) atoms. The van der Waals surface area contributed by atoms with Crippen molar-refractivity contribution in [3.8, 4) is 11.5 Å². The van der Waals surface area contributed by atoms with E-state index in [1.165, 1.54) is 22.5 Å². The van der Waals surface area contributed by atoms with Crippen molar-refractivity contribution in [3.63, 3.8) is 0 Å². The molecule has 2 aromatic heterocycles. The number of nitrogens with two attached hydrogens (primary N) is 1. The molecular weight excluding hydrogens is 338 g/mol. The summed E-state index contributed by atoms with van der Waals surface area (Å²) in [6.07, 6.45) is 8.18. The summed E-state index contributed by atoms with van der Waals surface area (Å²) in [5.74, 6) is 1.15. The molecule has 140 valence electrons. The van der Waals surface area contributed by atoms with Gasteiger partial charge in [-0.2, -0.15) is 0 Å². The maximum atomic E-state index is 10.1. The summed E-state index contributed by atoms with van der Waals surface area (Å²) in [5, 5.41) is 10.1. The van der Waals surface area contributed by atoms with E-state index in [4.69, 9.17) is 10.5 Å². The monoisotopic (exact) mass is 364 g/mol. The Kier molecular flexibility index (Phi) is 4.62. The highest BCUT2D eigenvalue weighted by Gasteiger charge is 2.35. The first-order valence-electron chi connectivity index (χ1n) is 9.55. The van der Waals surface area contributed by atoms with Crippen molar-refractivity contribution in [1.29, 1.82) is 0 Å². The van der Waals surface area contributed by atoms with Crippen molar-refractivity contribution >= 4 is 11.6 Å². The number of allylic oxidation sites excluding steroid dienone is 1. The first-order valence-corrected chi connectivity index (χ1v) is 9.55. The summed E-state index contributed by atoms with van der Waals surface area (Å²) in [7, 11) is 0. The van der Waals surface area contributed by atoms with Gasteiger partial charge in [-0.25, -0.2) is 0 Å². The van der Waals surface area contributed by atoms with Crippen molar-refractivity contribution < 1.29 is 14.2 Å². The minimum absolute atomic E-state index is 0.170. The molecule has 1 atom stereocenters. The molecule has 0 amide bonds. The minimum atomic E-state index is 0.170. The largest absolute Gasteiger partial charge is 0.504 e. The summed E-state index contributed by atoms with van der Waals surface area (Å²) >= 11 is 0. The van der Waals surface area contributed by atoms with E-state index in [0.717, 1.165) is 18.4 Å². The summed E-state index contributed by atoms with van der Waals surface area (Å²) < 4.78 is 9.93. The molecule has 0 fully saturated rings. The van der Waals surface area contributed by atoms with E-state index in [1.807, 2.05) is 25.1 Å². The molecule has 1 unspecified atom stereocenters. The number of fused-ring (bicyclic) bond motifs is 3. The van der Waals surface area contributed by atoms with Crippen LogP contribution in [0.25, 0.3) is 11.6 Å². The van der Waals surface area contributed by atoms with Crippen LogP contribution in [-0.4, -0.2) is 22.8 Å². The smallest absolute Gasteiger partial charge is 0.221 e. The van der Waals surface area contributed by atoms with Crippen molar-refractivity contribution in [2.45, 2.75) is 32.6 Å². The third kappa shape index (κ3) is 2.98. The first kappa shape index (κ1) is 17.6. The highest BCUT2D eigenvalue weighted by atomic mass is 16.5. The Morgan fingerprint density at radius 1 is 1.33 bits per heavy atom. The summed E-state index contributed by atoms with van der Waals surface area (Å²) in [6.45, 7) is 5.36. The van der Waals surface area contributed by atoms with Crippen LogP contribution in [0.4, 0.5) is 0 Å². The van der Waals surface area contributed by atoms with Crippen LogP contribution in [0.3, 0.4) is 0 Å². The second kappa shape index (κ2) is 7.08. The third-order valence-electron chi connectivity index (χ3n) is 5.19. The number of rotatable bonds is 6. The average Bonchev–Trinajstić information content (AvgIpc) is 3.31. The van der Waals surface area contributed by atoms with Gasteiger partial charge in [0.1, 0.15) is 5.52 Å². The molecule has 0 spiro atoms. The SMILES string of the molecule is CCOc1ccc(/C=C/C2=[n+]3c(c(CCN)c4cccn43)C(C)C2)cc1O. The van der Waals surface area contributed by atoms with Gasteiger partial charge in [0.2, 0.25) is 11.4 Å². The maximum Gasteiger partial charge on any atom is 0.221 e. The lowest BCUT2D eigenvalue weighted by Crippen LogP contribution is -2.27. The Hall–Kier alpha value is -2.79. The number of aromatic nitrogens is 2. The van der Waals surface area contributed by atoms with Gasteiger partial charge in [0.25, 0.3) is 0 Å². The van der Waals surface area contributed by atoms with Crippen molar-refractivity contribution in [3.05, 3.63) is 65.1 Å². The molecule has 0 radical (unpaired) electrons. The van der Waals surface area contributed by atoms with E-state index < -0.39 is 0 Å². The Morgan fingerprint density at radius 2 is 2.19 bits per heavy atom. The minimum Gasteiger partial charge on any atom is -0.504 e. The highest BCUT2D eigenvalue weighted by Crippen LogP contribution is 2.31. The van der Waals surface area contributed by atoms with Gasteiger partial charge in [-0.1, -0.05) is 17.3 Å². The third-order valence-corrected chi connectivity index (χ3v) is 5.19. The second-order valence-corrected chi connectivity index (χ2v) is 7.04. The molecule has 1 aromatic carbocycles. The van der Waals surface area contributed by atoms with Gasteiger partial charge in [0.15, 0.2) is 11.5 Å². The summed E-state index contributed by atoms with van der Waals surface area (Å²) in [4.78, 5) is 0.